The first-order chi connectivity index (χ1) is 12.7. The van der Waals surface area contributed by atoms with Crippen LogP contribution in [-0.2, 0) is 14.3 Å². The number of rotatable bonds is 3. The molecule has 1 amide bonds. The lowest BCUT2D eigenvalue weighted by molar-refractivity contribution is -0.152. The van der Waals surface area contributed by atoms with Gasteiger partial charge in [0.25, 0.3) is 0 Å². The number of likely N-dealkylation sites (tertiary alicyclic amines) is 1. The van der Waals surface area contributed by atoms with Crippen molar-refractivity contribution in [2.45, 2.75) is 52.0 Å². The largest absolute Gasteiger partial charge is 0.488 e. The van der Waals surface area contributed by atoms with Crippen LogP contribution < -0.4 is 4.74 Å². The molecule has 27 heavy (non-hydrogen) atoms. The fourth-order valence-electron chi connectivity index (χ4n) is 3.10. The van der Waals surface area contributed by atoms with Crippen LogP contribution >= 0.6 is 0 Å². The maximum atomic E-state index is 12.5. The lowest BCUT2D eigenvalue weighted by Crippen LogP contribution is -2.42. The van der Waals surface area contributed by atoms with Gasteiger partial charge in [0.1, 0.15) is 17.5 Å². The maximum Gasteiger partial charge on any atom is 0.413 e. The molecule has 6 nitrogen and oxygen atoms in total. The number of hydrogen-bond donors (Lipinski definition) is 0. The molecular weight excluding hydrogens is 346 g/mol. The molecule has 0 aromatic heterocycles. The predicted octanol–water partition coefficient (Wildman–Crippen LogP) is 4.12. The second kappa shape index (κ2) is 7.47. The summed E-state index contributed by atoms with van der Waals surface area (Å²) >= 11 is 0. The van der Waals surface area contributed by atoms with Crippen molar-refractivity contribution in [3.05, 3.63) is 42.5 Å². The summed E-state index contributed by atoms with van der Waals surface area (Å²) in [4.78, 5) is 25.3. The summed E-state index contributed by atoms with van der Waals surface area (Å²) in [5.74, 6) is 0.270. The zero-order chi connectivity index (χ0) is 19.6. The first-order valence-electron chi connectivity index (χ1n) is 9.03. The minimum absolute atomic E-state index is 0.289. The zero-order valence-corrected chi connectivity index (χ0v) is 16.1. The predicted molar refractivity (Wildman–Crippen MR) is 101 cm³/mol. The van der Waals surface area contributed by atoms with Crippen molar-refractivity contribution in [3.8, 4) is 5.75 Å². The van der Waals surface area contributed by atoms with Crippen LogP contribution in [0.2, 0.25) is 0 Å². The van der Waals surface area contributed by atoms with Crippen LogP contribution in [0.15, 0.2) is 42.5 Å². The zero-order valence-electron chi connectivity index (χ0n) is 16.1. The summed E-state index contributed by atoms with van der Waals surface area (Å²) in [6.45, 7) is 7.01. The Morgan fingerprint density at radius 2 is 1.78 bits per heavy atom. The molecule has 1 heterocycles. The standard InChI is InChI=1S/C21H25NO5/c1-14(23)25-19-12-18(13-22(19)20(24)27-21(2,3)4)26-17-10-9-15-7-5-6-8-16(15)11-17/h5-11,18-19H,12-13H2,1-4H3. The molecule has 1 saturated heterocycles. The average molecular weight is 371 g/mol. The Labute approximate surface area is 159 Å². The van der Waals surface area contributed by atoms with E-state index in [1.165, 1.54) is 11.8 Å². The molecule has 6 heteroatoms. The van der Waals surface area contributed by atoms with Crippen LogP contribution in [0, 0.1) is 0 Å². The van der Waals surface area contributed by atoms with E-state index in [-0.39, 0.29) is 6.10 Å². The Bertz CT molecular complexity index is 842. The van der Waals surface area contributed by atoms with Gasteiger partial charge < -0.3 is 14.2 Å². The van der Waals surface area contributed by atoms with Crippen LogP contribution in [0.4, 0.5) is 4.79 Å². The number of esters is 1. The molecular formula is C21H25NO5. The smallest absolute Gasteiger partial charge is 0.413 e. The van der Waals surface area contributed by atoms with Gasteiger partial charge in [0, 0.05) is 13.3 Å². The summed E-state index contributed by atoms with van der Waals surface area (Å²) < 4.78 is 16.8. The first kappa shape index (κ1) is 19.0. The van der Waals surface area contributed by atoms with Gasteiger partial charge in [0.05, 0.1) is 6.54 Å². The van der Waals surface area contributed by atoms with Gasteiger partial charge in [-0.3, -0.25) is 9.69 Å². The van der Waals surface area contributed by atoms with Crippen LogP contribution in [0.1, 0.15) is 34.1 Å². The summed E-state index contributed by atoms with van der Waals surface area (Å²) in [6.07, 6.45) is -1.10. The third-order valence-electron chi connectivity index (χ3n) is 4.17. The van der Waals surface area contributed by atoms with Gasteiger partial charge in [-0.05, 0) is 43.7 Å². The molecule has 0 radical (unpaired) electrons. The average Bonchev–Trinajstić information content (AvgIpc) is 2.95. The fraction of sp³-hybridized carbons (Fsp3) is 0.429. The van der Waals surface area contributed by atoms with Gasteiger partial charge in [0.2, 0.25) is 0 Å². The molecule has 2 atom stereocenters. The molecule has 0 N–H and O–H groups in total. The molecule has 3 rings (SSSR count). The number of benzene rings is 2. The summed E-state index contributed by atoms with van der Waals surface area (Å²) in [6, 6.07) is 13.9. The van der Waals surface area contributed by atoms with Crippen molar-refractivity contribution in [3.63, 3.8) is 0 Å². The van der Waals surface area contributed by atoms with Gasteiger partial charge in [-0.2, -0.15) is 0 Å². The van der Waals surface area contributed by atoms with Crippen molar-refractivity contribution in [1.29, 1.82) is 0 Å². The summed E-state index contributed by atoms with van der Waals surface area (Å²) in [7, 11) is 0. The minimum Gasteiger partial charge on any atom is -0.488 e. The molecule has 0 aliphatic carbocycles. The van der Waals surface area contributed by atoms with Gasteiger partial charge in [-0.1, -0.05) is 30.3 Å². The van der Waals surface area contributed by atoms with E-state index in [9.17, 15) is 9.59 Å². The van der Waals surface area contributed by atoms with Crippen molar-refractivity contribution < 1.29 is 23.8 Å². The van der Waals surface area contributed by atoms with Crippen molar-refractivity contribution >= 4 is 22.8 Å². The van der Waals surface area contributed by atoms with E-state index in [1.807, 2.05) is 42.5 Å². The van der Waals surface area contributed by atoms with E-state index < -0.39 is 23.9 Å². The SMILES string of the molecule is CC(=O)OC1CC(Oc2ccc3ccccc3c2)CN1C(=O)OC(C)(C)C. The molecule has 1 aliphatic heterocycles. The Morgan fingerprint density at radius 1 is 1.07 bits per heavy atom. The van der Waals surface area contributed by atoms with E-state index in [0.717, 1.165) is 10.8 Å². The Kier molecular flexibility index (Phi) is 5.26. The molecule has 0 saturated carbocycles. The maximum absolute atomic E-state index is 12.5. The fourth-order valence-corrected chi connectivity index (χ4v) is 3.10. The number of nitrogens with zero attached hydrogens (tertiary/aromatic N) is 1. The normalized spacial score (nSPS) is 19.8. The molecule has 1 fully saturated rings. The Morgan fingerprint density at radius 3 is 2.44 bits per heavy atom. The third kappa shape index (κ3) is 4.90. The Hall–Kier alpha value is -2.76. The molecule has 1 aliphatic rings. The molecule has 0 spiro atoms. The van der Waals surface area contributed by atoms with Crippen LogP contribution in [0.5, 0.6) is 5.75 Å². The summed E-state index contributed by atoms with van der Waals surface area (Å²) in [5.41, 5.74) is -0.630. The molecule has 144 valence electrons. The van der Waals surface area contributed by atoms with Gasteiger partial charge in [-0.15, -0.1) is 0 Å². The molecule has 2 unspecified atom stereocenters. The minimum atomic E-state index is -0.692. The highest BCUT2D eigenvalue weighted by atomic mass is 16.6. The van der Waals surface area contributed by atoms with E-state index in [2.05, 4.69) is 0 Å². The highest BCUT2D eigenvalue weighted by molar-refractivity contribution is 5.83. The highest BCUT2D eigenvalue weighted by Crippen LogP contribution is 2.28. The van der Waals surface area contributed by atoms with E-state index in [4.69, 9.17) is 14.2 Å². The van der Waals surface area contributed by atoms with Crippen LogP contribution in [0.25, 0.3) is 10.8 Å². The quantitative estimate of drug-likeness (QED) is 0.760. The van der Waals surface area contributed by atoms with Crippen molar-refractivity contribution in [1.82, 2.24) is 4.90 Å². The molecule has 2 aromatic rings. The second-order valence-corrected chi connectivity index (χ2v) is 7.68. The number of ether oxygens (including phenoxy) is 3. The molecule has 0 bridgehead atoms. The van der Waals surface area contributed by atoms with Crippen molar-refractivity contribution in [2.24, 2.45) is 0 Å². The number of fused-ring (bicyclic) bond motifs is 1. The third-order valence-corrected chi connectivity index (χ3v) is 4.17. The van der Waals surface area contributed by atoms with Gasteiger partial charge >= 0.3 is 12.1 Å². The van der Waals surface area contributed by atoms with E-state index >= 15 is 0 Å². The van der Waals surface area contributed by atoms with Gasteiger partial charge in [-0.25, -0.2) is 4.79 Å². The van der Waals surface area contributed by atoms with E-state index in [1.54, 1.807) is 20.8 Å². The topological polar surface area (TPSA) is 65.1 Å². The van der Waals surface area contributed by atoms with Gasteiger partial charge in [0.15, 0.2) is 6.23 Å². The monoisotopic (exact) mass is 371 g/mol. The van der Waals surface area contributed by atoms with E-state index in [0.29, 0.717) is 18.7 Å². The lowest BCUT2D eigenvalue weighted by atomic mass is 10.1. The lowest BCUT2D eigenvalue weighted by Gasteiger charge is -2.27. The van der Waals surface area contributed by atoms with Crippen LogP contribution in [0.3, 0.4) is 0 Å². The summed E-state index contributed by atoms with van der Waals surface area (Å²) in [5, 5.41) is 2.21. The first-order valence-corrected chi connectivity index (χ1v) is 9.03. The number of carbonyl (C=O) groups is 2. The van der Waals surface area contributed by atoms with Crippen LogP contribution in [-0.4, -0.2) is 41.4 Å². The number of carbonyl (C=O) groups excluding carboxylic acids is 2. The molecule has 2 aromatic carbocycles. The van der Waals surface area contributed by atoms with Crippen molar-refractivity contribution in [2.75, 3.05) is 6.54 Å². The number of hydrogen-bond acceptors (Lipinski definition) is 5. The Balaban J connectivity index is 1.73. The number of amides is 1. The second-order valence-electron chi connectivity index (χ2n) is 7.68. The highest BCUT2D eigenvalue weighted by Gasteiger charge is 2.40.